The molecule has 0 aliphatic carbocycles. The molecule has 116 valence electrons. The molecule has 1 atom stereocenters. The Bertz CT molecular complexity index is 629. The van der Waals surface area contributed by atoms with Gasteiger partial charge in [-0.05, 0) is 24.6 Å². The molecule has 4 amide bonds. The highest BCUT2D eigenvalue weighted by Crippen LogP contribution is 2.29. The average molecular weight is 322 g/mol. The van der Waals surface area contributed by atoms with Gasteiger partial charge in [0, 0.05) is 11.6 Å². The third kappa shape index (κ3) is 2.96. The molecular weight excluding hydrogens is 306 g/mol. The zero-order valence-corrected chi connectivity index (χ0v) is 12.8. The second kappa shape index (κ2) is 6.19. The molecule has 1 heterocycles. The van der Waals surface area contributed by atoms with E-state index in [0.29, 0.717) is 10.6 Å². The van der Waals surface area contributed by atoms with Crippen molar-refractivity contribution in [3.63, 3.8) is 0 Å². The highest BCUT2D eigenvalue weighted by Gasteiger charge is 2.49. The fraction of sp³-hybridized carbons (Fsp3) is 0.267. The van der Waals surface area contributed by atoms with Gasteiger partial charge >= 0.3 is 6.03 Å². The van der Waals surface area contributed by atoms with Crippen molar-refractivity contribution in [2.45, 2.75) is 12.5 Å². The quantitative estimate of drug-likeness (QED) is 0.636. The molecule has 1 aliphatic rings. The predicted octanol–water partition coefficient (Wildman–Crippen LogP) is 1.41. The first-order valence-corrected chi connectivity index (χ1v) is 7.04. The number of benzene rings is 1. The van der Waals surface area contributed by atoms with Crippen molar-refractivity contribution in [3.8, 4) is 0 Å². The van der Waals surface area contributed by atoms with Crippen LogP contribution in [0.5, 0.6) is 0 Å². The molecule has 0 spiro atoms. The number of nitrogens with zero attached hydrogens (tertiary/aromatic N) is 1. The number of hydrogen-bond acceptors (Lipinski definition) is 3. The summed E-state index contributed by atoms with van der Waals surface area (Å²) in [6, 6.07) is 6.02. The Balaban J connectivity index is 2.18. The Kier molecular flexibility index (Phi) is 4.51. The van der Waals surface area contributed by atoms with Gasteiger partial charge in [0.05, 0.1) is 0 Å². The van der Waals surface area contributed by atoms with Gasteiger partial charge in [0.2, 0.25) is 5.91 Å². The van der Waals surface area contributed by atoms with E-state index < -0.39 is 23.4 Å². The molecule has 1 aromatic carbocycles. The predicted molar refractivity (Wildman–Crippen MR) is 82.3 cm³/mol. The molecule has 0 bridgehead atoms. The first kappa shape index (κ1) is 16.0. The Labute approximate surface area is 133 Å². The molecular formula is C15H16ClN3O3. The average Bonchev–Trinajstić information content (AvgIpc) is 2.70. The number of halogens is 1. The van der Waals surface area contributed by atoms with Gasteiger partial charge in [-0.3, -0.25) is 14.5 Å². The molecule has 1 unspecified atom stereocenters. The summed E-state index contributed by atoms with van der Waals surface area (Å²) in [7, 11) is 0. The SMILES string of the molecule is C=CCNC(=O)CN1C(=O)NC(C)(c2ccc(Cl)cc2)C1=O. The van der Waals surface area contributed by atoms with E-state index in [1.807, 2.05) is 0 Å². The number of carbonyl (C=O) groups is 3. The fourth-order valence-electron chi connectivity index (χ4n) is 2.20. The van der Waals surface area contributed by atoms with Gasteiger partial charge in [-0.1, -0.05) is 29.8 Å². The van der Waals surface area contributed by atoms with Crippen LogP contribution < -0.4 is 10.6 Å². The van der Waals surface area contributed by atoms with Crippen molar-refractivity contribution in [2.24, 2.45) is 0 Å². The van der Waals surface area contributed by atoms with Crippen molar-refractivity contribution in [1.29, 1.82) is 0 Å². The van der Waals surface area contributed by atoms with Crippen molar-refractivity contribution in [3.05, 3.63) is 47.5 Å². The van der Waals surface area contributed by atoms with Crippen LogP contribution in [0.4, 0.5) is 4.79 Å². The van der Waals surface area contributed by atoms with Crippen LogP contribution in [0.15, 0.2) is 36.9 Å². The van der Waals surface area contributed by atoms with E-state index in [0.717, 1.165) is 4.90 Å². The van der Waals surface area contributed by atoms with Crippen LogP contribution >= 0.6 is 11.6 Å². The summed E-state index contributed by atoms with van der Waals surface area (Å²) < 4.78 is 0. The molecule has 1 fully saturated rings. The largest absolute Gasteiger partial charge is 0.351 e. The van der Waals surface area contributed by atoms with Gasteiger partial charge < -0.3 is 10.6 Å². The van der Waals surface area contributed by atoms with Gasteiger partial charge in [-0.25, -0.2) is 4.79 Å². The minimum Gasteiger partial charge on any atom is -0.351 e. The Morgan fingerprint density at radius 2 is 2.05 bits per heavy atom. The maximum atomic E-state index is 12.5. The molecule has 0 saturated carbocycles. The smallest absolute Gasteiger partial charge is 0.325 e. The molecule has 6 nitrogen and oxygen atoms in total. The maximum Gasteiger partial charge on any atom is 0.325 e. The summed E-state index contributed by atoms with van der Waals surface area (Å²) >= 11 is 5.83. The van der Waals surface area contributed by atoms with E-state index in [2.05, 4.69) is 17.2 Å². The summed E-state index contributed by atoms with van der Waals surface area (Å²) in [5.74, 6) is -0.905. The number of nitrogens with one attached hydrogen (secondary N) is 2. The molecule has 0 aromatic heterocycles. The van der Waals surface area contributed by atoms with E-state index in [1.54, 1.807) is 31.2 Å². The highest BCUT2D eigenvalue weighted by atomic mass is 35.5. The van der Waals surface area contributed by atoms with Crippen molar-refractivity contribution < 1.29 is 14.4 Å². The first-order valence-electron chi connectivity index (χ1n) is 6.66. The van der Waals surface area contributed by atoms with E-state index in [-0.39, 0.29) is 13.1 Å². The van der Waals surface area contributed by atoms with Crippen molar-refractivity contribution in [2.75, 3.05) is 13.1 Å². The minimum absolute atomic E-state index is 0.275. The Hall–Kier alpha value is -2.34. The third-order valence-corrected chi connectivity index (χ3v) is 3.69. The summed E-state index contributed by atoms with van der Waals surface area (Å²) in [5.41, 5.74) is -0.607. The van der Waals surface area contributed by atoms with Crippen LogP contribution in [0, 0.1) is 0 Å². The summed E-state index contributed by atoms with van der Waals surface area (Å²) in [6.45, 7) is 5.02. The van der Waals surface area contributed by atoms with Gasteiger partial charge in [-0.2, -0.15) is 0 Å². The zero-order chi connectivity index (χ0) is 16.3. The number of amides is 4. The summed E-state index contributed by atoms with van der Waals surface area (Å²) in [4.78, 5) is 37.1. The Morgan fingerprint density at radius 1 is 1.41 bits per heavy atom. The lowest BCUT2D eigenvalue weighted by molar-refractivity contribution is -0.134. The summed E-state index contributed by atoms with van der Waals surface area (Å²) in [5, 5.41) is 5.68. The lowest BCUT2D eigenvalue weighted by Gasteiger charge is -2.22. The zero-order valence-electron chi connectivity index (χ0n) is 12.1. The lowest BCUT2D eigenvalue weighted by atomic mass is 9.92. The van der Waals surface area contributed by atoms with E-state index in [1.165, 1.54) is 6.08 Å². The number of urea groups is 1. The van der Waals surface area contributed by atoms with Gasteiger partial charge in [0.25, 0.3) is 5.91 Å². The van der Waals surface area contributed by atoms with E-state index in [4.69, 9.17) is 11.6 Å². The van der Waals surface area contributed by atoms with Crippen LogP contribution in [-0.4, -0.2) is 35.8 Å². The van der Waals surface area contributed by atoms with Crippen molar-refractivity contribution in [1.82, 2.24) is 15.5 Å². The molecule has 1 aliphatic heterocycles. The topological polar surface area (TPSA) is 78.5 Å². The molecule has 2 N–H and O–H groups in total. The molecule has 22 heavy (non-hydrogen) atoms. The van der Waals surface area contributed by atoms with Gasteiger partial charge in [-0.15, -0.1) is 6.58 Å². The van der Waals surface area contributed by atoms with Gasteiger partial charge in [0.1, 0.15) is 12.1 Å². The molecule has 0 radical (unpaired) electrons. The summed E-state index contributed by atoms with van der Waals surface area (Å²) in [6.07, 6.45) is 1.52. The van der Waals surface area contributed by atoms with Crippen LogP contribution in [0.3, 0.4) is 0 Å². The number of carbonyl (C=O) groups excluding carboxylic acids is 3. The first-order chi connectivity index (χ1) is 10.4. The van der Waals surface area contributed by atoms with E-state index >= 15 is 0 Å². The van der Waals surface area contributed by atoms with Crippen molar-refractivity contribution >= 4 is 29.4 Å². The van der Waals surface area contributed by atoms with Crippen LogP contribution in [0.1, 0.15) is 12.5 Å². The fourth-order valence-corrected chi connectivity index (χ4v) is 2.33. The van der Waals surface area contributed by atoms with E-state index in [9.17, 15) is 14.4 Å². The number of hydrogen-bond donors (Lipinski definition) is 2. The second-order valence-electron chi connectivity index (χ2n) is 5.05. The van der Waals surface area contributed by atoms with Crippen LogP contribution in [-0.2, 0) is 15.1 Å². The number of imide groups is 1. The molecule has 1 aromatic rings. The monoisotopic (exact) mass is 321 g/mol. The maximum absolute atomic E-state index is 12.5. The molecule has 2 rings (SSSR count). The highest BCUT2D eigenvalue weighted by molar-refractivity contribution is 6.30. The molecule has 1 saturated heterocycles. The normalized spacial score (nSPS) is 20.7. The minimum atomic E-state index is -1.21. The van der Waals surface area contributed by atoms with Crippen LogP contribution in [0.25, 0.3) is 0 Å². The van der Waals surface area contributed by atoms with Crippen LogP contribution in [0.2, 0.25) is 5.02 Å². The second-order valence-corrected chi connectivity index (χ2v) is 5.48. The third-order valence-electron chi connectivity index (χ3n) is 3.44. The Morgan fingerprint density at radius 3 is 2.64 bits per heavy atom. The van der Waals surface area contributed by atoms with Gasteiger partial charge in [0.15, 0.2) is 0 Å². The standard InChI is InChI=1S/C15H16ClN3O3/c1-3-8-17-12(20)9-19-13(21)15(2,18-14(19)22)10-4-6-11(16)7-5-10/h3-7H,1,8-9H2,2H3,(H,17,20)(H,18,22). The number of rotatable bonds is 5. The molecule has 7 heteroatoms. The lowest BCUT2D eigenvalue weighted by Crippen LogP contribution is -2.43.